The highest BCUT2D eigenvalue weighted by molar-refractivity contribution is 5.95. The van der Waals surface area contributed by atoms with Crippen LogP contribution in [-0.4, -0.2) is 80.8 Å². The quantitative estimate of drug-likeness (QED) is 0.325. The van der Waals surface area contributed by atoms with E-state index in [9.17, 15) is 31.9 Å². The molecule has 0 bridgehead atoms. The van der Waals surface area contributed by atoms with Crippen molar-refractivity contribution in [2.24, 2.45) is 0 Å². The molecule has 252 valence electrons. The first-order valence-electron chi connectivity index (χ1n) is 15.2. The fourth-order valence-electron chi connectivity index (χ4n) is 5.78. The number of benzene rings is 2. The Morgan fingerprint density at radius 2 is 1.53 bits per heavy atom. The van der Waals surface area contributed by atoms with Gasteiger partial charge in [-0.2, -0.15) is 18.3 Å². The van der Waals surface area contributed by atoms with Crippen LogP contribution in [0.15, 0.2) is 53.3 Å². The molecular weight excluding hydrogens is 622 g/mol. The maximum atomic E-state index is 14.8. The first-order chi connectivity index (χ1) is 22.2. The first kappa shape index (κ1) is 35.3. The van der Waals surface area contributed by atoms with Gasteiger partial charge in [-0.05, 0) is 55.5 Å². The van der Waals surface area contributed by atoms with Crippen molar-refractivity contribution in [3.63, 3.8) is 0 Å². The Balaban J connectivity index is 0.000000644. The van der Waals surface area contributed by atoms with Crippen molar-refractivity contribution >= 4 is 17.8 Å². The minimum Gasteiger partial charge on any atom is -0.475 e. The van der Waals surface area contributed by atoms with E-state index in [0.29, 0.717) is 50.4 Å². The van der Waals surface area contributed by atoms with Crippen LogP contribution in [0.5, 0.6) is 0 Å². The highest BCUT2D eigenvalue weighted by atomic mass is 19.4. The Morgan fingerprint density at radius 1 is 0.936 bits per heavy atom. The summed E-state index contributed by atoms with van der Waals surface area (Å²) < 4.78 is 46.5. The number of halogens is 4. The normalized spacial score (nSPS) is 16.0. The third kappa shape index (κ3) is 8.61. The molecule has 3 aromatic rings. The van der Waals surface area contributed by atoms with E-state index in [-0.39, 0.29) is 22.9 Å². The first-order valence-corrected chi connectivity index (χ1v) is 15.2. The molecule has 10 nitrogen and oxygen atoms in total. The zero-order chi connectivity index (χ0) is 34.4. The van der Waals surface area contributed by atoms with Gasteiger partial charge in [0, 0.05) is 44.7 Å². The largest absolute Gasteiger partial charge is 0.490 e. The number of H-pyrrole nitrogens is 1. The standard InChI is InChI=1S/C31H36FN5O3.C2HF3O2/c1-21-22(2)28(38)35-34-27(21)19-24-10-11-26(32)25(18-24)29(39)36-14-16-37(17-15-36)30(40)31(12-6-7-13-31)33-20-23-8-4-3-5-9-23;3-2(4,5)1(6)7/h3-5,8-11,18,33H,6-7,12-17,19-20H2,1-2H3,(H,35,38);(H,6,7). The van der Waals surface area contributed by atoms with E-state index in [1.165, 1.54) is 6.07 Å². The second-order valence-electron chi connectivity index (χ2n) is 11.8. The van der Waals surface area contributed by atoms with Gasteiger partial charge in [0.1, 0.15) is 5.82 Å². The summed E-state index contributed by atoms with van der Waals surface area (Å²) in [5, 5.41) is 17.3. The van der Waals surface area contributed by atoms with Gasteiger partial charge in [-0.25, -0.2) is 14.3 Å². The summed E-state index contributed by atoms with van der Waals surface area (Å²) in [5.41, 5.74) is 3.11. The minimum absolute atomic E-state index is 0.00728. The zero-order valence-corrected chi connectivity index (χ0v) is 26.1. The second kappa shape index (κ2) is 14.9. The molecule has 1 aliphatic carbocycles. The van der Waals surface area contributed by atoms with Gasteiger partial charge in [0.05, 0.1) is 16.8 Å². The number of hydrogen-bond donors (Lipinski definition) is 3. The Morgan fingerprint density at radius 3 is 2.13 bits per heavy atom. The molecule has 2 aliphatic rings. The summed E-state index contributed by atoms with van der Waals surface area (Å²) in [6.07, 6.45) is -1.09. The maximum Gasteiger partial charge on any atom is 0.490 e. The minimum atomic E-state index is -5.08. The van der Waals surface area contributed by atoms with Gasteiger partial charge in [0.2, 0.25) is 5.91 Å². The average molecular weight is 660 g/mol. The number of piperazine rings is 1. The molecule has 1 aliphatic heterocycles. The zero-order valence-electron chi connectivity index (χ0n) is 26.1. The third-order valence-corrected chi connectivity index (χ3v) is 8.70. The van der Waals surface area contributed by atoms with E-state index in [4.69, 9.17) is 9.90 Å². The van der Waals surface area contributed by atoms with Crippen molar-refractivity contribution in [1.82, 2.24) is 25.3 Å². The Labute approximate surface area is 268 Å². The average Bonchev–Trinajstić information content (AvgIpc) is 3.55. The molecule has 0 spiro atoms. The summed E-state index contributed by atoms with van der Waals surface area (Å²) in [7, 11) is 0. The number of carboxylic acids is 1. The second-order valence-corrected chi connectivity index (χ2v) is 11.8. The third-order valence-electron chi connectivity index (χ3n) is 8.70. The van der Waals surface area contributed by atoms with Crippen LogP contribution in [-0.2, 0) is 22.6 Å². The summed E-state index contributed by atoms with van der Waals surface area (Å²) in [6, 6.07) is 14.6. The monoisotopic (exact) mass is 659 g/mol. The number of alkyl halides is 3. The van der Waals surface area contributed by atoms with Crippen molar-refractivity contribution in [3.05, 3.63) is 98.2 Å². The number of rotatable bonds is 7. The molecule has 0 radical (unpaired) electrons. The van der Waals surface area contributed by atoms with Crippen molar-refractivity contribution in [3.8, 4) is 0 Å². The van der Waals surface area contributed by atoms with Crippen LogP contribution in [0.1, 0.15) is 64.0 Å². The lowest BCUT2D eigenvalue weighted by Gasteiger charge is -2.40. The topological polar surface area (TPSA) is 136 Å². The predicted octanol–water partition coefficient (Wildman–Crippen LogP) is 4.14. The highest BCUT2D eigenvalue weighted by Crippen LogP contribution is 2.32. The van der Waals surface area contributed by atoms with Gasteiger partial charge >= 0.3 is 12.1 Å². The SMILES string of the molecule is Cc1c(Cc2ccc(F)c(C(=O)N3CCN(C(=O)C4(NCc5ccccc5)CCCC4)CC3)c2)n[nH]c(=O)c1C.O=C(O)C(F)(F)F. The van der Waals surface area contributed by atoms with Gasteiger partial charge in [-0.1, -0.05) is 49.2 Å². The molecule has 14 heteroatoms. The number of nitrogens with zero attached hydrogens (tertiary/aromatic N) is 3. The van der Waals surface area contributed by atoms with Crippen LogP contribution >= 0.6 is 0 Å². The van der Waals surface area contributed by atoms with Crippen molar-refractivity contribution in [2.75, 3.05) is 26.2 Å². The van der Waals surface area contributed by atoms with Gasteiger partial charge in [0.15, 0.2) is 0 Å². The Hall–Kier alpha value is -4.59. The van der Waals surface area contributed by atoms with Gasteiger partial charge in [-0.15, -0.1) is 0 Å². The number of aliphatic carboxylic acids is 1. The Kier molecular flexibility index (Phi) is 11.2. The maximum absolute atomic E-state index is 14.8. The number of carbonyl (C=O) groups excluding carboxylic acids is 2. The van der Waals surface area contributed by atoms with Crippen molar-refractivity contribution in [1.29, 1.82) is 0 Å². The van der Waals surface area contributed by atoms with Crippen LogP contribution in [0.25, 0.3) is 0 Å². The molecule has 0 atom stereocenters. The molecule has 5 rings (SSSR count). The number of carboxylic acid groups (broad SMARTS) is 1. The van der Waals surface area contributed by atoms with Gasteiger partial charge in [-0.3, -0.25) is 19.7 Å². The molecule has 47 heavy (non-hydrogen) atoms. The molecular formula is C33H37F4N5O5. The number of aromatic nitrogens is 2. The smallest absolute Gasteiger partial charge is 0.475 e. The molecule has 2 fully saturated rings. The summed E-state index contributed by atoms with van der Waals surface area (Å²) >= 11 is 0. The van der Waals surface area contributed by atoms with Crippen molar-refractivity contribution in [2.45, 2.75) is 64.2 Å². The molecule has 2 amide bonds. The van der Waals surface area contributed by atoms with Gasteiger partial charge in [0.25, 0.3) is 11.5 Å². The predicted molar refractivity (Wildman–Crippen MR) is 164 cm³/mol. The molecule has 1 saturated heterocycles. The number of amides is 2. The number of aromatic amines is 1. The number of hydrogen-bond acceptors (Lipinski definition) is 6. The summed E-state index contributed by atoms with van der Waals surface area (Å²) in [6.45, 7) is 5.73. The van der Waals surface area contributed by atoms with Crippen LogP contribution in [0.4, 0.5) is 17.6 Å². The molecule has 0 unspecified atom stereocenters. The van der Waals surface area contributed by atoms with Crippen LogP contribution in [0.3, 0.4) is 0 Å². The molecule has 2 aromatic carbocycles. The molecule has 2 heterocycles. The summed E-state index contributed by atoms with van der Waals surface area (Å²) in [5.74, 6) is -3.62. The van der Waals surface area contributed by atoms with E-state index in [1.54, 1.807) is 24.0 Å². The lowest BCUT2D eigenvalue weighted by atomic mass is 9.94. The van der Waals surface area contributed by atoms with Crippen LogP contribution < -0.4 is 10.9 Å². The number of carbonyl (C=O) groups is 3. The van der Waals surface area contributed by atoms with Gasteiger partial charge < -0.3 is 14.9 Å². The van der Waals surface area contributed by atoms with Crippen LogP contribution in [0.2, 0.25) is 0 Å². The van der Waals surface area contributed by atoms with E-state index >= 15 is 0 Å². The van der Waals surface area contributed by atoms with E-state index < -0.39 is 23.5 Å². The highest BCUT2D eigenvalue weighted by Gasteiger charge is 2.44. The molecule has 3 N–H and O–H groups in total. The lowest BCUT2D eigenvalue weighted by Crippen LogP contribution is -2.60. The fraction of sp³-hybridized carbons (Fsp3) is 0.424. The number of nitrogens with one attached hydrogen (secondary N) is 2. The lowest BCUT2D eigenvalue weighted by molar-refractivity contribution is -0.192. The van der Waals surface area contributed by atoms with Crippen molar-refractivity contribution < 1.29 is 37.1 Å². The van der Waals surface area contributed by atoms with E-state index in [0.717, 1.165) is 42.4 Å². The van der Waals surface area contributed by atoms with E-state index in [2.05, 4.69) is 27.6 Å². The Bertz CT molecular complexity index is 1650. The van der Waals surface area contributed by atoms with E-state index in [1.807, 2.05) is 30.0 Å². The fourth-order valence-corrected chi connectivity index (χ4v) is 5.78. The summed E-state index contributed by atoms with van der Waals surface area (Å²) in [4.78, 5) is 51.2. The molecule has 1 saturated carbocycles. The molecule has 1 aromatic heterocycles. The van der Waals surface area contributed by atoms with Crippen LogP contribution in [0, 0.1) is 19.7 Å².